The average Bonchev–Trinajstić information content (AvgIpc) is 3.08. The number of anilines is 2. The molecule has 29 heavy (non-hydrogen) atoms. The van der Waals surface area contributed by atoms with Crippen molar-refractivity contribution in [2.75, 3.05) is 18.6 Å². The van der Waals surface area contributed by atoms with E-state index in [1.807, 2.05) is 33.7 Å². The molecule has 2 aromatic heterocycles. The number of methoxy groups -OCH3 is 1. The van der Waals surface area contributed by atoms with Crippen molar-refractivity contribution < 1.29 is 9.53 Å². The van der Waals surface area contributed by atoms with Gasteiger partial charge in [0, 0.05) is 25.8 Å². The zero-order valence-electron chi connectivity index (χ0n) is 16.5. The third-order valence-electron chi connectivity index (χ3n) is 5.14. The van der Waals surface area contributed by atoms with Gasteiger partial charge >= 0.3 is 5.69 Å². The molecule has 0 aliphatic carbocycles. The van der Waals surface area contributed by atoms with Crippen LogP contribution in [0.15, 0.2) is 33.9 Å². The van der Waals surface area contributed by atoms with Crippen LogP contribution >= 0.6 is 0 Å². The predicted octanol–water partition coefficient (Wildman–Crippen LogP) is 0.178. The number of primary amides is 1. The molecule has 10 nitrogen and oxygen atoms in total. The van der Waals surface area contributed by atoms with Crippen LogP contribution in [0, 0.1) is 5.92 Å². The van der Waals surface area contributed by atoms with Crippen LogP contribution in [-0.2, 0) is 24.9 Å². The number of aromatic nitrogens is 4. The number of amides is 1. The normalized spacial score (nSPS) is 16.1. The van der Waals surface area contributed by atoms with E-state index in [1.165, 1.54) is 11.6 Å². The van der Waals surface area contributed by atoms with E-state index in [-0.39, 0.29) is 17.1 Å². The molecule has 2 N–H and O–H groups in total. The molecule has 0 fully saturated rings. The Kier molecular flexibility index (Phi) is 4.40. The van der Waals surface area contributed by atoms with Crippen molar-refractivity contribution in [3.63, 3.8) is 0 Å². The first-order valence-corrected chi connectivity index (χ1v) is 9.21. The highest BCUT2D eigenvalue weighted by Gasteiger charge is 2.30. The lowest BCUT2D eigenvalue weighted by atomic mass is 10.1. The van der Waals surface area contributed by atoms with Crippen molar-refractivity contribution >= 4 is 28.7 Å². The Bertz CT molecular complexity index is 1220. The number of carbonyl (C=O) groups is 1. The van der Waals surface area contributed by atoms with Crippen molar-refractivity contribution in [3.8, 4) is 5.75 Å². The van der Waals surface area contributed by atoms with Crippen LogP contribution < -0.4 is 26.6 Å². The Hall–Kier alpha value is -3.56. The minimum absolute atomic E-state index is 0.225. The van der Waals surface area contributed by atoms with Crippen LogP contribution in [0.25, 0.3) is 11.2 Å². The van der Waals surface area contributed by atoms with Gasteiger partial charge in [0.15, 0.2) is 11.2 Å². The van der Waals surface area contributed by atoms with E-state index < -0.39 is 23.7 Å². The molecule has 3 aromatic rings. The Morgan fingerprint density at radius 3 is 2.55 bits per heavy atom. The number of carbonyl (C=O) groups excluding carboxylic acids is 1. The van der Waals surface area contributed by atoms with Gasteiger partial charge in [-0.15, -0.1) is 0 Å². The Morgan fingerprint density at radius 1 is 1.24 bits per heavy atom. The second kappa shape index (κ2) is 6.80. The number of nitrogens with two attached hydrogens (primary N) is 1. The first-order chi connectivity index (χ1) is 13.8. The third-order valence-corrected chi connectivity index (χ3v) is 5.14. The average molecular weight is 398 g/mol. The standard InChI is InChI=1S/C19H22N6O4/c1-11-8-23(12-4-6-13(29-3)7-5-12)18-21-16-15(24(18)9-11)17(27)25(10-14(20)26)19(28)22(16)2/h4-7,11H,8-10H2,1-3H3,(H2,20,26)/t11-/m0/s1. The van der Waals surface area contributed by atoms with E-state index in [0.29, 0.717) is 19.0 Å². The summed E-state index contributed by atoms with van der Waals surface area (Å²) >= 11 is 0. The van der Waals surface area contributed by atoms with Gasteiger partial charge in [0.25, 0.3) is 5.56 Å². The summed E-state index contributed by atoms with van der Waals surface area (Å²) in [6.07, 6.45) is 0. The molecule has 0 unspecified atom stereocenters. The molecule has 1 aromatic carbocycles. The van der Waals surface area contributed by atoms with E-state index in [1.54, 1.807) is 7.11 Å². The van der Waals surface area contributed by atoms with E-state index in [2.05, 4.69) is 11.9 Å². The number of rotatable bonds is 4. The fraction of sp³-hybridized carbons (Fsp3) is 0.368. The first-order valence-electron chi connectivity index (χ1n) is 9.21. The monoisotopic (exact) mass is 398 g/mol. The molecule has 0 saturated carbocycles. The van der Waals surface area contributed by atoms with E-state index >= 15 is 0 Å². The molecule has 4 rings (SSSR count). The maximum absolute atomic E-state index is 13.0. The number of aryl methyl sites for hydroxylation is 1. The van der Waals surface area contributed by atoms with Gasteiger partial charge in [0.1, 0.15) is 12.3 Å². The van der Waals surface area contributed by atoms with Gasteiger partial charge in [-0.2, -0.15) is 4.98 Å². The molecule has 1 amide bonds. The van der Waals surface area contributed by atoms with Gasteiger partial charge in [-0.25, -0.2) is 9.36 Å². The Labute approximate surface area is 165 Å². The lowest BCUT2D eigenvalue weighted by molar-refractivity contribution is -0.118. The fourth-order valence-electron chi connectivity index (χ4n) is 3.78. The van der Waals surface area contributed by atoms with E-state index in [9.17, 15) is 14.4 Å². The maximum atomic E-state index is 13.0. The zero-order valence-corrected chi connectivity index (χ0v) is 16.5. The van der Waals surface area contributed by atoms with Crippen molar-refractivity contribution in [1.29, 1.82) is 0 Å². The van der Waals surface area contributed by atoms with Crippen LogP contribution in [0.2, 0.25) is 0 Å². The minimum atomic E-state index is -0.754. The summed E-state index contributed by atoms with van der Waals surface area (Å²) in [5.74, 6) is 0.787. The second-order valence-electron chi connectivity index (χ2n) is 7.31. The highest BCUT2D eigenvalue weighted by Crippen LogP contribution is 2.33. The molecule has 1 aliphatic heterocycles. The summed E-state index contributed by atoms with van der Waals surface area (Å²) in [6.45, 7) is 2.89. The molecular weight excluding hydrogens is 376 g/mol. The van der Waals surface area contributed by atoms with Gasteiger partial charge in [0.2, 0.25) is 11.9 Å². The number of benzene rings is 1. The second-order valence-corrected chi connectivity index (χ2v) is 7.31. The van der Waals surface area contributed by atoms with Crippen molar-refractivity contribution in [2.45, 2.75) is 20.0 Å². The lowest BCUT2D eigenvalue weighted by Crippen LogP contribution is -2.43. The highest BCUT2D eigenvalue weighted by atomic mass is 16.5. The highest BCUT2D eigenvalue weighted by molar-refractivity contribution is 5.78. The van der Waals surface area contributed by atoms with E-state index in [0.717, 1.165) is 16.0 Å². The van der Waals surface area contributed by atoms with Crippen LogP contribution in [0.1, 0.15) is 6.92 Å². The molecule has 0 bridgehead atoms. The SMILES string of the molecule is COc1ccc(N2C[C@H](C)Cn3c2nc2c3c(=O)n(CC(N)=O)c(=O)n2C)cc1. The summed E-state index contributed by atoms with van der Waals surface area (Å²) in [6, 6.07) is 7.56. The molecule has 152 valence electrons. The molecule has 1 atom stereocenters. The number of hydrogen-bond acceptors (Lipinski definition) is 6. The zero-order chi connectivity index (χ0) is 20.9. The number of imidazole rings is 1. The van der Waals surface area contributed by atoms with Crippen LogP contribution in [0.4, 0.5) is 11.6 Å². The van der Waals surface area contributed by atoms with Gasteiger partial charge in [-0.1, -0.05) is 6.92 Å². The molecule has 0 saturated heterocycles. The first kappa shape index (κ1) is 18.8. The summed E-state index contributed by atoms with van der Waals surface area (Å²) in [5.41, 5.74) is 5.50. The molecule has 10 heteroatoms. The van der Waals surface area contributed by atoms with Crippen LogP contribution in [0.3, 0.4) is 0 Å². The molecule has 0 radical (unpaired) electrons. The van der Waals surface area contributed by atoms with Crippen LogP contribution in [-0.4, -0.2) is 38.2 Å². The molecule has 3 heterocycles. The van der Waals surface area contributed by atoms with Gasteiger partial charge in [-0.3, -0.25) is 14.2 Å². The lowest BCUT2D eigenvalue weighted by Gasteiger charge is -2.33. The topological polar surface area (TPSA) is 117 Å². The van der Waals surface area contributed by atoms with Crippen molar-refractivity contribution in [1.82, 2.24) is 18.7 Å². The summed E-state index contributed by atoms with van der Waals surface area (Å²) < 4.78 is 9.18. The summed E-state index contributed by atoms with van der Waals surface area (Å²) in [4.78, 5) is 43.6. The molecular formula is C19H22N6O4. The van der Waals surface area contributed by atoms with Crippen molar-refractivity contribution in [2.24, 2.45) is 18.7 Å². The van der Waals surface area contributed by atoms with Gasteiger partial charge < -0.3 is 19.9 Å². The quantitative estimate of drug-likeness (QED) is 0.670. The Morgan fingerprint density at radius 2 is 1.93 bits per heavy atom. The summed E-state index contributed by atoms with van der Waals surface area (Å²) in [5, 5.41) is 0. The number of ether oxygens (including phenoxy) is 1. The Balaban J connectivity index is 1.96. The van der Waals surface area contributed by atoms with Crippen LogP contribution in [0.5, 0.6) is 5.75 Å². The predicted molar refractivity (Wildman–Crippen MR) is 108 cm³/mol. The third kappa shape index (κ3) is 2.96. The number of nitrogens with zero attached hydrogens (tertiary/aromatic N) is 5. The summed E-state index contributed by atoms with van der Waals surface area (Å²) in [7, 11) is 3.14. The number of fused-ring (bicyclic) bond motifs is 3. The fourth-order valence-corrected chi connectivity index (χ4v) is 3.78. The number of hydrogen-bond donors (Lipinski definition) is 1. The minimum Gasteiger partial charge on any atom is -0.497 e. The van der Waals surface area contributed by atoms with E-state index in [4.69, 9.17) is 10.5 Å². The molecule has 0 spiro atoms. The smallest absolute Gasteiger partial charge is 0.332 e. The maximum Gasteiger partial charge on any atom is 0.332 e. The largest absolute Gasteiger partial charge is 0.497 e. The van der Waals surface area contributed by atoms with Crippen molar-refractivity contribution in [3.05, 3.63) is 45.1 Å². The van der Waals surface area contributed by atoms with Gasteiger partial charge in [0.05, 0.1) is 7.11 Å². The molecule has 1 aliphatic rings. The van der Waals surface area contributed by atoms with Gasteiger partial charge in [-0.05, 0) is 30.2 Å².